The molecule has 0 N–H and O–H groups in total. The third-order valence-electron chi connectivity index (χ3n) is 3.77. The molecule has 0 aliphatic carbocycles. The Hall–Kier alpha value is -5.23. The molecule has 2 aromatic rings. The summed E-state index contributed by atoms with van der Waals surface area (Å²) in [4.78, 5) is 2.36. The van der Waals surface area contributed by atoms with Gasteiger partial charge in [0.25, 0.3) is 11.9 Å². The Morgan fingerprint density at radius 1 is 0.733 bits per heavy atom. The van der Waals surface area contributed by atoms with Gasteiger partial charge in [0.05, 0.1) is 33.9 Å². The van der Waals surface area contributed by atoms with Crippen molar-refractivity contribution >= 4 is 11.1 Å². The number of pyridine rings is 1. The van der Waals surface area contributed by atoms with Crippen LogP contribution >= 0.6 is 0 Å². The van der Waals surface area contributed by atoms with Gasteiger partial charge < -0.3 is 0 Å². The molecule has 0 aliphatic heterocycles. The molecular weight excluding hydrogens is 402 g/mol. The Labute approximate surface area is 164 Å². The van der Waals surface area contributed by atoms with E-state index in [1.54, 1.807) is 0 Å². The minimum atomic E-state index is -2.09. The first-order valence-corrected chi connectivity index (χ1v) is 7.37. The first-order valence-electron chi connectivity index (χ1n) is 7.37. The second-order valence-electron chi connectivity index (χ2n) is 5.21. The van der Waals surface area contributed by atoms with Gasteiger partial charge in [-0.25, -0.2) is 8.78 Å². The summed E-state index contributed by atoms with van der Waals surface area (Å²) in [7, 11) is 0. The zero-order valence-electron chi connectivity index (χ0n) is 14.2. The molecule has 1 aromatic carbocycles. The number of nitrogens with zero attached hydrogens (tertiary/aromatic N) is 7. The van der Waals surface area contributed by atoms with Crippen molar-refractivity contribution in [1.82, 2.24) is 4.98 Å². The van der Waals surface area contributed by atoms with Crippen molar-refractivity contribution in [2.24, 2.45) is 0 Å². The van der Waals surface area contributed by atoms with Gasteiger partial charge in [0, 0.05) is 10.4 Å². The molecule has 140 valence electrons. The second kappa shape index (κ2) is 8.20. The van der Waals surface area contributed by atoms with Crippen LogP contribution in [0.3, 0.4) is 0 Å². The normalized spacial score (nSPS) is 10.3. The summed E-state index contributed by atoms with van der Waals surface area (Å²) in [6, 6.07) is 9.45. The summed E-state index contributed by atoms with van der Waals surface area (Å²) in [6.45, 7) is 0. The lowest BCUT2D eigenvalue weighted by Crippen LogP contribution is -2.26. The number of hydrogen-bond donors (Lipinski definition) is 0. The molecule has 30 heavy (non-hydrogen) atoms. The molecule has 0 aliphatic rings. The highest BCUT2D eigenvalue weighted by atomic mass is 19.2. The second-order valence-corrected chi connectivity index (χ2v) is 5.21. The lowest BCUT2D eigenvalue weighted by atomic mass is 9.92. The number of hydrogen-bond acceptors (Lipinski definition) is 7. The van der Waals surface area contributed by atoms with Crippen LogP contribution in [0.5, 0.6) is 0 Å². The Bertz CT molecular complexity index is 1460. The van der Waals surface area contributed by atoms with E-state index in [0.29, 0.717) is 0 Å². The summed E-state index contributed by atoms with van der Waals surface area (Å²) in [5.41, 5.74) is -5.50. The standard InChI is InChI=1S/C19HF4N7/c20-16-15(17(21)19(23)30-18(16)22)13(7-29)14-8(2-24)1-10(9(3-25)4-26)11(5-27)12(14)6-28/h1H/b14-13+. The number of nitriles is 6. The molecule has 7 nitrogen and oxygen atoms in total. The van der Waals surface area contributed by atoms with Crippen LogP contribution in [0.4, 0.5) is 17.6 Å². The SMILES string of the molecule is N#CC(C#N)=c1cc(C#N)/c(=C(/C#N)c2c(F)c(F)nc(F)c2F)c(C#N)c1C#N. The van der Waals surface area contributed by atoms with Crippen LogP contribution in [0.15, 0.2) is 6.07 Å². The smallest absolute Gasteiger partial charge is 0.201 e. The molecule has 0 fully saturated rings. The minimum Gasteiger partial charge on any atom is -0.201 e. The minimum absolute atomic E-state index is 0.440. The van der Waals surface area contributed by atoms with Gasteiger partial charge in [-0.2, -0.15) is 45.3 Å². The molecule has 0 bridgehead atoms. The maximum Gasteiger partial charge on any atom is 0.252 e. The van der Waals surface area contributed by atoms with Gasteiger partial charge in [0.15, 0.2) is 11.6 Å². The van der Waals surface area contributed by atoms with Crippen molar-refractivity contribution in [3.8, 4) is 36.4 Å². The average Bonchev–Trinajstić information content (AvgIpc) is 2.75. The van der Waals surface area contributed by atoms with E-state index < -0.39 is 67.4 Å². The van der Waals surface area contributed by atoms with Gasteiger partial charge in [-0.3, -0.25) is 0 Å². The van der Waals surface area contributed by atoms with Gasteiger partial charge in [0.1, 0.15) is 35.9 Å². The van der Waals surface area contributed by atoms with E-state index >= 15 is 0 Å². The van der Waals surface area contributed by atoms with Crippen molar-refractivity contribution in [2.45, 2.75) is 0 Å². The maximum absolute atomic E-state index is 14.2. The van der Waals surface area contributed by atoms with Gasteiger partial charge >= 0.3 is 0 Å². The van der Waals surface area contributed by atoms with E-state index in [1.165, 1.54) is 36.4 Å². The van der Waals surface area contributed by atoms with Crippen molar-refractivity contribution < 1.29 is 17.6 Å². The summed E-state index contributed by atoms with van der Waals surface area (Å²) in [5, 5.41) is 54.5. The summed E-state index contributed by atoms with van der Waals surface area (Å²) >= 11 is 0. The molecular formula is C19HF4N7. The molecule has 0 amide bonds. The predicted molar refractivity (Wildman–Crippen MR) is 86.7 cm³/mol. The maximum atomic E-state index is 14.2. The van der Waals surface area contributed by atoms with Gasteiger partial charge in [-0.05, 0) is 6.07 Å². The van der Waals surface area contributed by atoms with Gasteiger partial charge in [0.2, 0.25) is 0 Å². The Morgan fingerprint density at radius 2 is 1.27 bits per heavy atom. The molecule has 1 aromatic heterocycles. The summed E-state index contributed by atoms with van der Waals surface area (Å²) < 4.78 is 55.5. The third kappa shape index (κ3) is 3.12. The van der Waals surface area contributed by atoms with Crippen LogP contribution in [-0.4, -0.2) is 4.98 Å². The summed E-state index contributed by atoms with van der Waals surface area (Å²) in [6.07, 6.45) is 0. The fourth-order valence-corrected chi connectivity index (χ4v) is 2.54. The van der Waals surface area contributed by atoms with E-state index in [-0.39, 0.29) is 0 Å². The van der Waals surface area contributed by atoms with Crippen molar-refractivity contribution in [3.05, 3.63) is 62.3 Å². The highest BCUT2D eigenvalue weighted by Gasteiger charge is 2.26. The average molecular weight is 403 g/mol. The topological polar surface area (TPSA) is 156 Å². The molecule has 2 rings (SSSR count). The van der Waals surface area contributed by atoms with Gasteiger partial charge in [-0.1, -0.05) is 0 Å². The van der Waals surface area contributed by atoms with Crippen LogP contribution in [-0.2, 0) is 0 Å². The van der Waals surface area contributed by atoms with Crippen molar-refractivity contribution in [3.63, 3.8) is 0 Å². The lowest BCUT2D eigenvalue weighted by molar-refractivity contribution is 0.404. The quantitative estimate of drug-likeness (QED) is 0.511. The van der Waals surface area contributed by atoms with Gasteiger partial charge in [-0.15, -0.1) is 0 Å². The Kier molecular flexibility index (Phi) is 5.76. The molecule has 0 saturated heterocycles. The van der Waals surface area contributed by atoms with E-state index in [2.05, 4.69) is 4.98 Å². The predicted octanol–water partition coefficient (Wildman–Crippen LogP) is 1.17. The third-order valence-corrected chi connectivity index (χ3v) is 3.77. The fourth-order valence-electron chi connectivity index (χ4n) is 2.54. The zero-order valence-corrected chi connectivity index (χ0v) is 14.2. The van der Waals surface area contributed by atoms with Crippen LogP contribution in [0, 0.1) is 91.5 Å². The molecule has 0 unspecified atom stereocenters. The first kappa shape index (κ1) is 21.1. The van der Waals surface area contributed by atoms with E-state index in [9.17, 15) is 38.6 Å². The number of aromatic nitrogens is 1. The van der Waals surface area contributed by atoms with Crippen LogP contribution in [0.1, 0.15) is 22.3 Å². The highest BCUT2D eigenvalue weighted by Crippen LogP contribution is 2.23. The molecule has 0 saturated carbocycles. The fraction of sp³-hybridized carbons (Fsp3) is 0. The number of halogens is 4. The summed E-state index contributed by atoms with van der Waals surface area (Å²) in [5.74, 6) is -8.31. The largest absolute Gasteiger partial charge is 0.252 e. The molecule has 1 heterocycles. The molecule has 11 heteroatoms. The number of benzene rings is 1. The highest BCUT2D eigenvalue weighted by molar-refractivity contribution is 5.81. The lowest BCUT2D eigenvalue weighted by Gasteiger charge is -2.08. The zero-order chi connectivity index (χ0) is 22.6. The van der Waals surface area contributed by atoms with Crippen molar-refractivity contribution in [2.75, 3.05) is 0 Å². The Morgan fingerprint density at radius 3 is 1.67 bits per heavy atom. The van der Waals surface area contributed by atoms with Crippen LogP contribution in [0.2, 0.25) is 0 Å². The number of rotatable bonds is 1. The molecule has 0 radical (unpaired) electrons. The molecule has 0 atom stereocenters. The van der Waals surface area contributed by atoms with Crippen LogP contribution in [0.25, 0.3) is 11.1 Å². The van der Waals surface area contributed by atoms with Crippen molar-refractivity contribution in [1.29, 1.82) is 31.6 Å². The van der Waals surface area contributed by atoms with E-state index in [1.807, 2.05) is 0 Å². The first-order chi connectivity index (χ1) is 14.3. The van der Waals surface area contributed by atoms with E-state index in [4.69, 9.17) is 10.5 Å². The monoisotopic (exact) mass is 403 g/mol. The Balaban J connectivity index is 3.43. The molecule has 0 spiro atoms. The van der Waals surface area contributed by atoms with E-state index in [0.717, 1.165) is 6.07 Å². The van der Waals surface area contributed by atoms with Crippen LogP contribution < -0.4 is 10.4 Å².